The lowest BCUT2D eigenvalue weighted by atomic mass is 10.2. The van der Waals surface area contributed by atoms with E-state index in [-0.39, 0.29) is 41.1 Å². The van der Waals surface area contributed by atoms with Gasteiger partial charge in [0.2, 0.25) is 11.8 Å². The number of likely N-dealkylation sites (N-methyl/N-ethyl adjacent to an activating group) is 1. The number of benzene rings is 2. The standard InChI is InChI=1S/C19H18Cl2F3N3O2/c1-2-27(11-16(28)26-18-14(20)7-4-8-15(18)21)17(29)10-25-13-6-3-5-12(9-13)19(22,23)24/h3-9,25H,2,10-11H2,1H3,(H,26,28). The van der Waals surface area contributed by atoms with E-state index in [2.05, 4.69) is 10.6 Å². The van der Waals surface area contributed by atoms with E-state index in [0.29, 0.717) is 0 Å². The maximum Gasteiger partial charge on any atom is 0.416 e. The van der Waals surface area contributed by atoms with E-state index >= 15 is 0 Å². The van der Waals surface area contributed by atoms with Crippen LogP contribution in [0.15, 0.2) is 42.5 Å². The first-order valence-corrected chi connectivity index (χ1v) is 9.30. The van der Waals surface area contributed by atoms with Gasteiger partial charge in [0.05, 0.1) is 34.4 Å². The predicted molar refractivity (Wildman–Crippen MR) is 107 cm³/mol. The lowest BCUT2D eigenvalue weighted by Gasteiger charge is -2.21. The van der Waals surface area contributed by atoms with Crippen LogP contribution in [0.2, 0.25) is 10.0 Å². The van der Waals surface area contributed by atoms with Crippen molar-refractivity contribution in [3.8, 4) is 0 Å². The molecule has 2 rings (SSSR count). The molecule has 0 unspecified atom stereocenters. The summed E-state index contributed by atoms with van der Waals surface area (Å²) >= 11 is 12.0. The molecular formula is C19H18Cl2F3N3O2. The Morgan fingerprint density at radius 2 is 1.69 bits per heavy atom. The highest BCUT2D eigenvalue weighted by molar-refractivity contribution is 6.39. The molecule has 2 N–H and O–H groups in total. The van der Waals surface area contributed by atoms with Crippen LogP contribution >= 0.6 is 23.2 Å². The Morgan fingerprint density at radius 1 is 1.07 bits per heavy atom. The fraction of sp³-hybridized carbons (Fsp3) is 0.263. The molecule has 0 saturated carbocycles. The highest BCUT2D eigenvalue weighted by Gasteiger charge is 2.30. The summed E-state index contributed by atoms with van der Waals surface area (Å²) in [6.45, 7) is 1.38. The van der Waals surface area contributed by atoms with Crippen LogP contribution in [0.1, 0.15) is 12.5 Å². The zero-order valence-corrected chi connectivity index (χ0v) is 16.8. The molecule has 0 aliphatic rings. The molecule has 0 bridgehead atoms. The Balaban J connectivity index is 1.96. The number of hydrogen-bond donors (Lipinski definition) is 2. The fourth-order valence-corrected chi connectivity index (χ4v) is 2.93. The summed E-state index contributed by atoms with van der Waals surface area (Å²) in [5, 5.41) is 5.71. The zero-order chi connectivity index (χ0) is 21.6. The number of para-hydroxylation sites is 1. The van der Waals surface area contributed by atoms with E-state index in [0.717, 1.165) is 12.1 Å². The van der Waals surface area contributed by atoms with E-state index < -0.39 is 23.6 Å². The monoisotopic (exact) mass is 447 g/mol. The summed E-state index contributed by atoms with van der Waals surface area (Å²) in [5.74, 6) is -0.959. The molecule has 0 atom stereocenters. The van der Waals surface area contributed by atoms with Gasteiger partial charge in [-0.05, 0) is 37.3 Å². The van der Waals surface area contributed by atoms with Gasteiger partial charge in [0.15, 0.2) is 0 Å². The van der Waals surface area contributed by atoms with Crippen LogP contribution < -0.4 is 10.6 Å². The minimum absolute atomic E-state index is 0.150. The van der Waals surface area contributed by atoms with Crippen LogP contribution in [0, 0.1) is 0 Å². The van der Waals surface area contributed by atoms with Gasteiger partial charge in [-0.1, -0.05) is 35.3 Å². The topological polar surface area (TPSA) is 61.4 Å². The third-order valence-corrected chi connectivity index (χ3v) is 4.56. The normalized spacial score (nSPS) is 11.1. The van der Waals surface area contributed by atoms with Crippen molar-refractivity contribution in [2.24, 2.45) is 0 Å². The zero-order valence-electron chi connectivity index (χ0n) is 15.3. The van der Waals surface area contributed by atoms with E-state index in [1.54, 1.807) is 25.1 Å². The van der Waals surface area contributed by atoms with Crippen molar-refractivity contribution >= 4 is 46.4 Å². The van der Waals surface area contributed by atoms with Gasteiger partial charge in [-0.25, -0.2) is 0 Å². The highest BCUT2D eigenvalue weighted by Crippen LogP contribution is 2.31. The number of hydrogen-bond acceptors (Lipinski definition) is 3. The second-order valence-corrected chi connectivity index (χ2v) is 6.80. The molecule has 0 aliphatic heterocycles. The molecule has 0 radical (unpaired) electrons. The van der Waals surface area contributed by atoms with Crippen molar-refractivity contribution in [3.05, 3.63) is 58.1 Å². The molecule has 156 valence electrons. The number of alkyl halides is 3. The van der Waals surface area contributed by atoms with Gasteiger partial charge in [0, 0.05) is 12.2 Å². The summed E-state index contributed by atoms with van der Waals surface area (Å²) in [6, 6.07) is 9.27. The lowest BCUT2D eigenvalue weighted by molar-refractivity contribution is -0.137. The second-order valence-electron chi connectivity index (χ2n) is 5.98. The number of carbonyl (C=O) groups excluding carboxylic acids is 2. The van der Waals surface area contributed by atoms with E-state index in [1.807, 2.05) is 0 Å². The first kappa shape index (κ1) is 22.8. The fourth-order valence-electron chi connectivity index (χ4n) is 2.44. The minimum Gasteiger partial charge on any atom is -0.376 e. The van der Waals surface area contributed by atoms with Crippen LogP contribution in [0.25, 0.3) is 0 Å². The molecule has 0 fully saturated rings. The number of amides is 2. The Bertz CT molecular complexity index is 871. The van der Waals surface area contributed by atoms with Crippen molar-refractivity contribution in [3.63, 3.8) is 0 Å². The second kappa shape index (κ2) is 9.84. The van der Waals surface area contributed by atoms with E-state index in [4.69, 9.17) is 23.2 Å². The Kier molecular flexibility index (Phi) is 7.75. The number of rotatable bonds is 7. The van der Waals surface area contributed by atoms with Gasteiger partial charge in [0.25, 0.3) is 0 Å². The summed E-state index contributed by atoms with van der Waals surface area (Å²) < 4.78 is 38.3. The van der Waals surface area contributed by atoms with Crippen molar-refractivity contribution in [1.29, 1.82) is 0 Å². The van der Waals surface area contributed by atoms with Gasteiger partial charge in [-0.2, -0.15) is 13.2 Å². The third-order valence-electron chi connectivity index (χ3n) is 3.93. The van der Waals surface area contributed by atoms with Crippen molar-refractivity contribution < 1.29 is 22.8 Å². The van der Waals surface area contributed by atoms with Gasteiger partial charge in [-0.15, -0.1) is 0 Å². The molecule has 5 nitrogen and oxygen atoms in total. The average molecular weight is 448 g/mol. The molecule has 0 saturated heterocycles. The summed E-state index contributed by atoms with van der Waals surface area (Å²) in [4.78, 5) is 25.9. The largest absolute Gasteiger partial charge is 0.416 e. The number of nitrogens with one attached hydrogen (secondary N) is 2. The molecule has 2 aromatic rings. The van der Waals surface area contributed by atoms with E-state index in [9.17, 15) is 22.8 Å². The SMILES string of the molecule is CCN(CC(=O)Nc1c(Cl)cccc1Cl)C(=O)CNc1cccc(C(F)(F)F)c1. The molecule has 2 aromatic carbocycles. The number of carbonyl (C=O) groups is 2. The summed E-state index contributed by atoms with van der Waals surface area (Å²) in [7, 11) is 0. The summed E-state index contributed by atoms with van der Waals surface area (Å²) in [5.41, 5.74) is -0.429. The minimum atomic E-state index is -4.48. The van der Waals surface area contributed by atoms with Crippen LogP contribution in [0.4, 0.5) is 24.5 Å². The van der Waals surface area contributed by atoms with Crippen molar-refractivity contribution in [2.45, 2.75) is 13.1 Å². The Hall–Kier alpha value is -2.45. The third kappa shape index (κ3) is 6.54. The van der Waals surface area contributed by atoms with Crippen LogP contribution in [0.5, 0.6) is 0 Å². The van der Waals surface area contributed by atoms with Gasteiger partial charge < -0.3 is 15.5 Å². The van der Waals surface area contributed by atoms with Gasteiger partial charge in [0.1, 0.15) is 0 Å². The van der Waals surface area contributed by atoms with Crippen LogP contribution in [-0.4, -0.2) is 36.3 Å². The lowest BCUT2D eigenvalue weighted by Crippen LogP contribution is -2.40. The maximum atomic E-state index is 12.8. The maximum absolute atomic E-state index is 12.8. The van der Waals surface area contributed by atoms with Crippen LogP contribution in [0.3, 0.4) is 0 Å². The predicted octanol–water partition coefficient (Wildman–Crippen LogP) is 4.91. The molecule has 0 aliphatic carbocycles. The molecule has 0 spiro atoms. The number of anilines is 2. The average Bonchev–Trinajstić information content (AvgIpc) is 2.66. The molecule has 29 heavy (non-hydrogen) atoms. The van der Waals surface area contributed by atoms with E-state index in [1.165, 1.54) is 17.0 Å². The first-order valence-electron chi connectivity index (χ1n) is 8.54. The van der Waals surface area contributed by atoms with Crippen molar-refractivity contribution in [1.82, 2.24) is 4.90 Å². The highest BCUT2D eigenvalue weighted by atomic mass is 35.5. The smallest absolute Gasteiger partial charge is 0.376 e. The molecule has 2 amide bonds. The van der Waals surface area contributed by atoms with Crippen molar-refractivity contribution in [2.75, 3.05) is 30.3 Å². The van der Waals surface area contributed by atoms with Crippen LogP contribution in [-0.2, 0) is 15.8 Å². The first-order chi connectivity index (χ1) is 13.6. The molecular weight excluding hydrogens is 430 g/mol. The summed E-state index contributed by atoms with van der Waals surface area (Å²) in [6.07, 6.45) is -4.48. The Morgan fingerprint density at radius 3 is 2.28 bits per heavy atom. The van der Waals surface area contributed by atoms with Gasteiger partial charge >= 0.3 is 6.18 Å². The van der Waals surface area contributed by atoms with Gasteiger partial charge in [-0.3, -0.25) is 9.59 Å². The Labute approximate surface area is 175 Å². The molecule has 0 aromatic heterocycles. The molecule has 0 heterocycles. The number of nitrogens with zero attached hydrogens (tertiary/aromatic N) is 1. The molecule has 10 heteroatoms. The quantitative estimate of drug-likeness (QED) is 0.633. The number of halogens is 5.